The van der Waals surface area contributed by atoms with Crippen molar-refractivity contribution in [2.45, 2.75) is 13.3 Å². The lowest BCUT2D eigenvalue weighted by molar-refractivity contribution is 0.1000. The molecule has 0 N–H and O–H groups in total. The van der Waals surface area contributed by atoms with Crippen molar-refractivity contribution in [3.8, 4) is 0 Å². The highest BCUT2D eigenvalue weighted by Gasteiger charge is 2.24. The average Bonchev–Trinajstić information content (AvgIpc) is 2.40. The molecule has 0 aliphatic carbocycles. The van der Waals surface area contributed by atoms with E-state index in [2.05, 4.69) is 4.99 Å². The summed E-state index contributed by atoms with van der Waals surface area (Å²) in [5.41, 5.74) is 4.02. The van der Waals surface area contributed by atoms with E-state index >= 15 is 0 Å². The number of hydrogen-bond acceptors (Lipinski definition) is 1. The third kappa shape index (κ3) is 2.15. The van der Waals surface area contributed by atoms with E-state index in [1.165, 1.54) is 0 Å². The number of fused-ring (bicyclic) bond motifs is 1. The minimum Gasteiger partial charge on any atom is -0.267 e. The van der Waals surface area contributed by atoms with Crippen LogP contribution in [0.15, 0.2) is 41.4 Å². The molecule has 2 aromatic carbocycles. The molecule has 0 atom stereocenters. The van der Waals surface area contributed by atoms with Crippen LogP contribution in [0.2, 0.25) is 10.0 Å². The maximum atomic E-state index is 12.2. The summed E-state index contributed by atoms with van der Waals surface area (Å²) in [5.74, 6) is -0.235. The van der Waals surface area contributed by atoms with Crippen molar-refractivity contribution in [2.75, 3.05) is 0 Å². The summed E-state index contributed by atoms with van der Waals surface area (Å²) < 4.78 is 0. The first-order valence-corrected chi connectivity index (χ1v) is 6.98. The number of nitrogens with zero attached hydrogens (tertiary/aromatic N) is 1. The second kappa shape index (κ2) is 5.04. The molecule has 1 heterocycles. The summed E-state index contributed by atoms with van der Waals surface area (Å²) in [6, 6.07) is 10.9. The Balaban J connectivity index is 2.15. The fourth-order valence-corrected chi connectivity index (χ4v) is 3.06. The maximum Gasteiger partial charge on any atom is 0.277 e. The topological polar surface area (TPSA) is 29.4 Å². The number of rotatable bonds is 1. The summed E-state index contributed by atoms with van der Waals surface area (Å²) >= 11 is 12.4. The molecule has 2 aromatic rings. The summed E-state index contributed by atoms with van der Waals surface area (Å²) in [6.07, 6.45) is 0.567. The molecule has 100 valence electrons. The summed E-state index contributed by atoms with van der Waals surface area (Å²) in [4.78, 5) is 16.3. The Kier molecular flexibility index (Phi) is 3.36. The lowest BCUT2D eigenvalue weighted by Crippen LogP contribution is -2.19. The number of aryl methyl sites for hydroxylation is 1. The molecule has 0 spiro atoms. The van der Waals surface area contributed by atoms with Gasteiger partial charge in [0.05, 0.1) is 15.8 Å². The summed E-state index contributed by atoms with van der Waals surface area (Å²) in [7, 11) is 0. The van der Waals surface area contributed by atoms with Gasteiger partial charge in [0.25, 0.3) is 5.91 Å². The minimum absolute atomic E-state index is 0.235. The minimum atomic E-state index is -0.235. The predicted molar refractivity (Wildman–Crippen MR) is 82.2 cm³/mol. The second-order valence-electron chi connectivity index (χ2n) is 4.74. The SMILES string of the molecule is Cc1cccc2c1CC(c1c(Cl)cccc1Cl)=NC2=O. The second-order valence-corrected chi connectivity index (χ2v) is 5.55. The van der Waals surface area contributed by atoms with Crippen molar-refractivity contribution >= 4 is 34.8 Å². The van der Waals surface area contributed by atoms with Crippen molar-refractivity contribution in [3.63, 3.8) is 0 Å². The van der Waals surface area contributed by atoms with Gasteiger partial charge in [-0.25, -0.2) is 4.99 Å². The monoisotopic (exact) mass is 303 g/mol. The first-order valence-electron chi connectivity index (χ1n) is 6.22. The molecule has 1 aliphatic rings. The molecule has 0 saturated heterocycles. The summed E-state index contributed by atoms with van der Waals surface area (Å²) in [5, 5.41) is 1.03. The van der Waals surface area contributed by atoms with Gasteiger partial charge in [-0.2, -0.15) is 0 Å². The average molecular weight is 304 g/mol. The van der Waals surface area contributed by atoms with Crippen LogP contribution in [0, 0.1) is 6.92 Å². The van der Waals surface area contributed by atoms with Crippen LogP contribution in [0.1, 0.15) is 27.0 Å². The van der Waals surface area contributed by atoms with Gasteiger partial charge >= 0.3 is 0 Å². The molecule has 3 rings (SSSR count). The van der Waals surface area contributed by atoms with Gasteiger partial charge in [-0.05, 0) is 36.2 Å². The molecular weight excluding hydrogens is 293 g/mol. The zero-order valence-corrected chi connectivity index (χ0v) is 12.3. The molecular formula is C16H11Cl2NO. The third-order valence-corrected chi connectivity index (χ3v) is 4.10. The van der Waals surface area contributed by atoms with Crippen LogP contribution < -0.4 is 0 Å². The lowest BCUT2D eigenvalue weighted by Gasteiger charge is -2.18. The van der Waals surface area contributed by atoms with E-state index in [0.29, 0.717) is 33.3 Å². The first-order chi connectivity index (χ1) is 9.58. The number of amides is 1. The van der Waals surface area contributed by atoms with Crippen molar-refractivity contribution < 1.29 is 4.79 Å². The van der Waals surface area contributed by atoms with E-state index in [-0.39, 0.29) is 5.91 Å². The third-order valence-electron chi connectivity index (χ3n) is 3.47. The lowest BCUT2D eigenvalue weighted by atomic mass is 9.91. The number of carbonyl (C=O) groups is 1. The van der Waals surface area contributed by atoms with E-state index < -0.39 is 0 Å². The molecule has 1 amide bonds. The maximum absolute atomic E-state index is 12.2. The van der Waals surface area contributed by atoms with Gasteiger partial charge in [0.2, 0.25) is 0 Å². The van der Waals surface area contributed by atoms with E-state index in [9.17, 15) is 4.79 Å². The molecule has 0 radical (unpaired) electrons. The van der Waals surface area contributed by atoms with Gasteiger partial charge in [-0.15, -0.1) is 0 Å². The van der Waals surface area contributed by atoms with E-state index in [4.69, 9.17) is 23.2 Å². The standard InChI is InChI=1S/C16H11Cl2NO/c1-9-4-2-5-10-11(9)8-14(19-16(10)20)15-12(17)6-3-7-13(15)18/h2-7H,8H2,1H3. The van der Waals surface area contributed by atoms with Gasteiger partial charge in [-0.1, -0.05) is 41.4 Å². The van der Waals surface area contributed by atoms with E-state index in [1.807, 2.05) is 19.1 Å². The van der Waals surface area contributed by atoms with Crippen LogP contribution in [0.3, 0.4) is 0 Å². The van der Waals surface area contributed by atoms with Crippen molar-refractivity contribution in [3.05, 3.63) is 68.7 Å². The first kappa shape index (κ1) is 13.3. The largest absolute Gasteiger partial charge is 0.277 e. The molecule has 20 heavy (non-hydrogen) atoms. The fraction of sp³-hybridized carbons (Fsp3) is 0.125. The predicted octanol–water partition coefficient (Wildman–Crippen LogP) is 4.49. The molecule has 1 aliphatic heterocycles. The molecule has 4 heteroatoms. The van der Waals surface area contributed by atoms with Gasteiger partial charge in [-0.3, -0.25) is 4.79 Å². The van der Waals surface area contributed by atoms with E-state index in [1.54, 1.807) is 24.3 Å². The van der Waals surface area contributed by atoms with Gasteiger partial charge < -0.3 is 0 Å². The number of carbonyl (C=O) groups excluding carboxylic acids is 1. The Labute approximate surface area is 127 Å². The number of halogens is 2. The van der Waals surface area contributed by atoms with Crippen LogP contribution >= 0.6 is 23.2 Å². The zero-order valence-electron chi connectivity index (χ0n) is 10.8. The number of aliphatic imine (C=N–C) groups is 1. The normalized spacial score (nSPS) is 13.9. The molecule has 0 fully saturated rings. The van der Waals surface area contributed by atoms with Crippen LogP contribution in [0.25, 0.3) is 0 Å². The number of hydrogen-bond donors (Lipinski definition) is 0. The zero-order chi connectivity index (χ0) is 14.3. The van der Waals surface area contributed by atoms with E-state index in [0.717, 1.165) is 11.1 Å². The van der Waals surface area contributed by atoms with Gasteiger partial charge in [0, 0.05) is 17.5 Å². The molecule has 0 saturated carbocycles. The van der Waals surface area contributed by atoms with Crippen LogP contribution in [-0.4, -0.2) is 11.6 Å². The molecule has 0 unspecified atom stereocenters. The van der Waals surface area contributed by atoms with Crippen molar-refractivity contribution in [1.29, 1.82) is 0 Å². The highest BCUT2D eigenvalue weighted by molar-refractivity contribution is 6.41. The molecule has 2 nitrogen and oxygen atoms in total. The Morgan fingerprint density at radius 1 is 1.05 bits per heavy atom. The van der Waals surface area contributed by atoms with Crippen molar-refractivity contribution in [2.24, 2.45) is 4.99 Å². The van der Waals surface area contributed by atoms with Gasteiger partial charge in [0.1, 0.15) is 0 Å². The molecule has 0 bridgehead atoms. The van der Waals surface area contributed by atoms with Crippen LogP contribution in [0.4, 0.5) is 0 Å². The Morgan fingerprint density at radius 3 is 2.40 bits per heavy atom. The highest BCUT2D eigenvalue weighted by Crippen LogP contribution is 2.30. The number of benzene rings is 2. The summed E-state index contributed by atoms with van der Waals surface area (Å²) in [6.45, 7) is 1.99. The van der Waals surface area contributed by atoms with Crippen LogP contribution in [-0.2, 0) is 6.42 Å². The Morgan fingerprint density at radius 2 is 1.70 bits per heavy atom. The van der Waals surface area contributed by atoms with Crippen molar-refractivity contribution in [1.82, 2.24) is 0 Å². The molecule has 0 aromatic heterocycles. The Hall–Kier alpha value is -1.64. The quantitative estimate of drug-likeness (QED) is 0.763. The van der Waals surface area contributed by atoms with Gasteiger partial charge in [0.15, 0.2) is 0 Å². The fourth-order valence-electron chi connectivity index (χ4n) is 2.44. The highest BCUT2D eigenvalue weighted by atomic mass is 35.5. The van der Waals surface area contributed by atoms with Crippen LogP contribution in [0.5, 0.6) is 0 Å². The smallest absolute Gasteiger partial charge is 0.267 e. The Bertz CT molecular complexity index is 730.